The van der Waals surface area contributed by atoms with Crippen LogP contribution in [0.15, 0.2) is 30.3 Å². The first kappa shape index (κ1) is 20.0. The second-order valence-corrected chi connectivity index (χ2v) is 8.79. The van der Waals surface area contributed by atoms with Crippen LogP contribution in [0.2, 0.25) is 0 Å². The first-order valence-electron chi connectivity index (χ1n) is 10.9. The van der Waals surface area contributed by atoms with Crippen molar-refractivity contribution in [1.29, 1.82) is 0 Å². The number of rotatable bonds is 5. The summed E-state index contributed by atoms with van der Waals surface area (Å²) in [5, 5.41) is 2.89. The lowest BCUT2D eigenvalue weighted by Crippen LogP contribution is -2.39. The number of nitrogens with one attached hydrogen (secondary N) is 1. The Balaban J connectivity index is 1.76. The molecular weight excluding hydrogens is 360 g/mol. The second-order valence-electron chi connectivity index (χ2n) is 8.79. The Kier molecular flexibility index (Phi) is 5.64. The van der Waals surface area contributed by atoms with E-state index in [-0.39, 0.29) is 6.09 Å². The zero-order valence-corrected chi connectivity index (χ0v) is 18.0. The van der Waals surface area contributed by atoms with Gasteiger partial charge >= 0.3 is 6.09 Å². The monoisotopic (exact) mass is 392 g/mol. The van der Waals surface area contributed by atoms with Crippen LogP contribution in [-0.2, 0) is 12.8 Å². The summed E-state index contributed by atoms with van der Waals surface area (Å²) in [7, 11) is 0. The van der Waals surface area contributed by atoms with E-state index >= 15 is 0 Å². The molecule has 2 aliphatic rings. The van der Waals surface area contributed by atoms with E-state index in [2.05, 4.69) is 61.3 Å². The predicted octanol–water partition coefficient (Wildman–Crippen LogP) is 5.27. The maximum absolute atomic E-state index is 12.5. The molecule has 1 atom stereocenters. The fraction of sp³-hybridized carbons (Fsp3) is 0.480. The Morgan fingerprint density at radius 1 is 1.24 bits per heavy atom. The smallest absolute Gasteiger partial charge is 0.409 e. The number of hydrogen-bond acceptors (Lipinski definition) is 3. The van der Waals surface area contributed by atoms with Crippen molar-refractivity contribution in [2.45, 2.75) is 53.0 Å². The SMILES string of the molecule is CCCN1CCc2cccc3c2C1Cc1ccc(C)c(OC(=O)NCC(C)C)c1-3. The fourth-order valence-corrected chi connectivity index (χ4v) is 4.78. The number of carbonyl (C=O) groups is 1. The third-order valence-electron chi connectivity index (χ3n) is 6.12. The van der Waals surface area contributed by atoms with Gasteiger partial charge in [0.15, 0.2) is 0 Å². The quantitative estimate of drug-likeness (QED) is 0.753. The van der Waals surface area contributed by atoms with Gasteiger partial charge in [-0.25, -0.2) is 4.79 Å². The van der Waals surface area contributed by atoms with Crippen LogP contribution in [-0.4, -0.2) is 30.6 Å². The van der Waals surface area contributed by atoms with Crippen LogP contribution in [0.3, 0.4) is 0 Å². The Morgan fingerprint density at radius 3 is 2.83 bits per heavy atom. The lowest BCUT2D eigenvalue weighted by atomic mass is 9.76. The van der Waals surface area contributed by atoms with Crippen LogP contribution in [0.4, 0.5) is 4.79 Å². The van der Waals surface area contributed by atoms with Crippen molar-refractivity contribution in [2.24, 2.45) is 5.92 Å². The fourth-order valence-electron chi connectivity index (χ4n) is 4.78. The van der Waals surface area contributed by atoms with Gasteiger partial charge in [-0.1, -0.05) is 51.1 Å². The first-order chi connectivity index (χ1) is 14.0. The third-order valence-corrected chi connectivity index (χ3v) is 6.12. The van der Waals surface area contributed by atoms with Crippen LogP contribution in [0, 0.1) is 12.8 Å². The summed E-state index contributed by atoms with van der Waals surface area (Å²) in [5.41, 5.74) is 7.52. The summed E-state index contributed by atoms with van der Waals surface area (Å²) < 4.78 is 5.89. The molecule has 1 N–H and O–H groups in total. The van der Waals surface area contributed by atoms with Crippen LogP contribution in [0.25, 0.3) is 11.1 Å². The molecule has 0 spiro atoms. The number of hydrogen-bond donors (Lipinski definition) is 1. The molecule has 0 fully saturated rings. The van der Waals surface area contributed by atoms with Crippen LogP contribution < -0.4 is 10.1 Å². The van der Waals surface area contributed by atoms with Crippen LogP contribution >= 0.6 is 0 Å². The first-order valence-corrected chi connectivity index (χ1v) is 10.9. The van der Waals surface area contributed by atoms with E-state index in [1.165, 1.54) is 28.7 Å². The van der Waals surface area contributed by atoms with Crippen molar-refractivity contribution in [3.8, 4) is 16.9 Å². The average Bonchev–Trinajstić information content (AvgIpc) is 2.70. The molecule has 154 valence electrons. The maximum atomic E-state index is 12.5. The highest BCUT2D eigenvalue weighted by Gasteiger charge is 2.35. The third kappa shape index (κ3) is 3.78. The summed E-state index contributed by atoms with van der Waals surface area (Å²) in [4.78, 5) is 15.1. The summed E-state index contributed by atoms with van der Waals surface area (Å²) >= 11 is 0. The molecular formula is C25H32N2O2. The standard InChI is InChI=1S/C25H32N2O2/c1-5-12-27-13-11-18-7-6-8-20-22(18)21(27)14-19-10-9-17(4)24(23(19)20)29-25(28)26-15-16(2)3/h6-10,16,21H,5,11-15H2,1-4H3,(H,26,28). The molecule has 29 heavy (non-hydrogen) atoms. The largest absolute Gasteiger partial charge is 0.412 e. The van der Waals surface area contributed by atoms with Gasteiger partial charge in [0, 0.05) is 24.7 Å². The van der Waals surface area contributed by atoms with Crippen molar-refractivity contribution in [3.05, 3.63) is 52.6 Å². The van der Waals surface area contributed by atoms with Gasteiger partial charge in [0.1, 0.15) is 5.75 Å². The van der Waals surface area contributed by atoms with Gasteiger partial charge in [0.2, 0.25) is 0 Å². The highest BCUT2D eigenvalue weighted by atomic mass is 16.6. The number of benzene rings is 2. The van der Waals surface area contributed by atoms with Gasteiger partial charge in [0.25, 0.3) is 0 Å². The summed E-state index contributed by atoms with van der Waals surface area (Å²) in [6.07, 6.45) is 2.86. The van der Waals surface area contributed by atoms with Gasteiger partial charge in [-0.15, -0.1) is 0 Å². The van der Waals surface area contributed by atoms with Crippen molar-refractivity contribution in [3.63, 3.8) is 0 Å². The molecule has 2 aromatic rings. The molecule has 1 heterocycles. The molecule has 1 aliphatic heterocycles. The normalized spacial score (nSPS) is 17.6. The average molecular weight is 393 g/mol. The molecule has 1 unspecified atom stereocenters. The molecule has 0 bridgehead atoms. The molecule has 1 aliphatic carbocycles. The van der Waals surface area contributed by atoms with Gasteiger partial charge < -0.3 is 10.1 Å². The molecule has 4 rings (SSSR count). The van der Waals surface area contributed by atoms with Gasteiger partial charge in [0.05, 0.1) is 0 Å². The Hall–Kier alpha value is -2.33. The van der Waals surface area contributed by atoms with E-state index in [0.717, 1.165) is 37.1 Å². The van der Waals surface area contributed by atoms with Crippen LogP contribution in [0.5, 0.6) is 5.75 Å². The highest BCUT2D eigenvalue weighted by molar-refractivity contribution is 5.84. The Labute approximate surface area is 174 Å². The Bertz CT molecular complexity index is 919. The van der Waals surface area contributed by atoms with E-state index in [1.54, 1.807) is 0 Å². The number of nitrogens with zero attached hydrogens (tertiary/aromatic N) is 1. The van der Waals surface area contributed by atoms with E-state index in [1.807, 2.05) is 6.92 Å². The van der Waals surface area contributed by atoms with E-state index in [9.17, 15) is 4.79 Å². The number of ether oxygens (including phenoxy) is 1. The maximum Gasteiger partial charge on any atom is 0.412 e. The number of fused-ring (bicyclic) bond motifs is 2. The molecule has 0 saturated carbocycles. The molecule has 4 heteroatoms. The number of amides is 1. The van der Waals surface area contributed by atoms with Crippen molar-refractivity contribution < 1.29 is 9.53 Å². The zero-order chi connectivity index (χ0) is 20.5. The summed E-state index contributed by atoms with van der Waals surface area (Å²) in [6.45, 7) is 11.3. The van der Waals surface area contributed by atoms with Crippen molar-refractivity contribution in [2.75, 3.05) is 19.6 Å². The minimum absolute atomic E-state index is 0.366. The van der Waals surface area contributed by atoms with Gasteiger partial charge in [-0.3, -0.25) is 4.90 Å². The minimum Gasteiger partial charge on any atom is -0.409 e. The molecule has 0 aromatic heterocycles. The van der Waals surface area contributed by atoms with E-state index in [4.69, 9.17) is 4.74 Å². The highest BCUT2D eigenvalue weighted by Crippen LogP contribution is 2.49. The zero-order valence-electron chi connectivity index (χ0n) is 18.0. The Morgan fingerprint density at radius 2 is 2.07 bits per heavy atom. The summed E-state index contributed by atoms with van der Waals surface area (Å²) in [6, 6.07) is 11.4. The number of carbonyl (C=O) groups excluding carboxylic acids is 1. The van der Waals surface area contributed by atoms with Crippen molar-refractivity contribution in [1.82, 2.24) is 10.2 Å². The van der Waals surface area contributed by atoms with Gasteiger partial charge in [-0.05, 0) is 66.5 Å². The van der Waals surface area contributed by atoms with Gasteiger partial charge in [-0.2, -0.15) is 0 Å². The molecule has 4 nitrogen and oxygen atoms in total. The minimum atomic E-state index is -0.366. The molecule has 0 saturated heterocycles. The van der Waals surface area contributed by atoms with E-state index < -0.39 is 0 Å². The number of aryl methyl sites for hydroxylation is 1. The van der Waals surface area contributed by atoms with Crippen molar-refractivity contribution >= 4 is 6.09 Å². The van der Waals surface area contributed by atoms with E-state index in [0.29, 0.717) is 24.3 Å². The predicted molar refractivity (Wildman–Crippen MR) is 117 cm³/mol. The lowest BCUT2D eigenvalue weighted by molar-refractivity contribution is 0.182. The molecule has 0 radical (unpaired) electrons. The van der Waals surface area contributed by atoms with Crippen LogP contribution in [0.1, 0.15) is 55.5 Å². The molecule has 2 aromatic carbocycles. The lowest BCUT2D eigenvalue weighted by Gasteiger charge is -2.42. The topological polar surface area (TPSA) is 41.6 Å². The second kappa shape index (κ2) is 8.19. The molecule has 1 amide bonds. The summed E-state index contributed by atoms with van der Waals surface area (Å²) in [5.74, 6) is 1.10.